The summed E-state index contributed by atoms with van der Waals surface area (Å²) < 4.78 is 38.0. The molecule has 0 saturated carbocycles. The van der Waals surface area contributed by atoms with E-state index in [-0.39, 0.29) is 29.1 Å². The summed E-state index contributed by atoms with van der Waals surface area (Å²) in [5.41, 5.74) is 1.57. The van der Waals surface area contributed by atoms with E-state index in [9.17, 15) is 27.9 Å². The first-order valence-electron chi connectivity index (χ1n) is 7.75. The number of hydrogen-bond acceptors (Lipinski definition) is 4. The van der Waals surface area contributed by atoms with Crippen molar-refractivity contribution in [2.24, 2.45) is 5.10 Å². The first-order chi connectivity index (χ1) is 12.7. The third-order valence-corrected chi connectivity index (χ3v) is 3.39. The zero-order valence-electron chi connectivity index (χ0n) is 14.2. The minimum atomic E-state index is -4.51. The smallest absolute Gasteiger partial charge is 0.416 e. The maximum atomic E-state index is 12.7. The van der Waals surface area contributed by atoms with Gasteiger partial charge in [0.05, 0.1) is 17.5 Å². The van der Waals surface area contributed by atoms with Gasteiger partial charge in [0.15, 0.2) is 0 Å². The van der Waals surface area contributed by atoms with Crippen molar-refractivity contribution in [3.8, 4) is 5.75 Å². The third kappa shape index (κ3) is 5.84. The van der Waals surface area contributed by atoms with Crippen molar-refractivity contribution in [2.75, 3.05) is 5.32 Å². The number of halogens is 3. The number of anilines is 1. The second kappa shape index (κ2) is 8.35. The predicted octanol–water partition coefficient (Wildman–Crippen LogP) is 3.55. The van der Waals surface area contributed by atoms with Crippen molar-refractivity contribution in [1.82, 2.24) is 5.43 Å². The Balaban J connectivity index is 1.94. The number of amides is 2. The molecule has 27 heavy (non-hydrogen) atoms. The minimum absolute atomic E-state index is 0.000804. The van der Waals surface area contributed by atoms with Gasteiger partial charge < -0.3 is 10.4 Å². The van der Waals surface area contributed by atoms with Crippen molar-refractivity contribution >= 4 is 23.2 Å². The number of carbonyl (C=O) groups excluding carboxylic acids is 2. The molecule has 6 nitrogen and oxygen atoms in total. The lowest BCUT2D eigenvalue weighted by Crippen LogP contribution is -2.21. The molecule has 0 atom stereocenters. The average molecular weight is 379 g/mol. The third-order valence-electron chi connectivity index (χ3n) is 3.39. The Kier molecular flexibility index (Phi) is 6.17. The van der Waals surface area contributed by atoms with Crippen LogP contribution < -0.4 is 10.7 Å². The lowest BCUT2D eigenvalue weighted by atomic mass is 10.2. The SMILES string of the molecule is C/C(CC(=O)Nc1cccc(C(F)(F)F)c1)=N/NC(=O)c1ccccc1O. The minimum Gasteiger partial charge on any atom is -0.507 e. The van der Waals surface area contributed by atoms with Crippen molar-refractivity contribution in [1.29, 1.82) is 0 Å². The maximum absolute atomic E-state index is 12.7. The number of phenolic OH excluding ortho intramolecular Hbond substituents is 1. The molecule has 0 radical (unpaired) electrons. The van der Waals surface area contributed by atoms with Crippen LogP contribution in [0.2, 0.25) is 0 Å². The van der Waals surface area contributed by atoms with E-state index in [1.54, 1.807) is 12.1 Å². The molecule has 0 heterocycles. The standard InChI is InChI=1S/C18H16F3N3O3/c1-11(23-24-17(27)14-7-2-3-8-15(14)25)9-16(26)22-13-6-4-5-12(10-13)18(19,20)21/h2-8,10,25H,9H2,1H3,(H,22,26)(H,24,27)/b23-11-. The number of carbonyl (C=O) groups is 2. The molecule has 0 spiro atoms. The van der Waals surface area contributed by atoms with Crippen LogP contribution in [0.15, 0.2) is 53.6 Å². The van der Waals surface area contributed by atoms with Gasteiger partial charge in [-0.2, -0.15) is 18.3 Å². The molecule has 0 saturated heterocycles. The lowest BCUT2D eigenvalue weighted by molar-refractivity contribution is -0.137. The number of nitrogens with zero attached hydrogens (tertiary/aromatic N) is 1. The van der Waals surface area contributed by atoms with Gasteiger partial charge in [0, 0.05) is 11.4 Å². The molecule has 2 rings (SSSR count). The second-order valence-electron chi connectivity index (χ2n) is 5.61. The number of alkyl halides is 3. The van der Waals surface area contributed by atoms with Crippen molar-refractivity contribution < 1.29 is 27.9 Å². The van der Waals surface area contributed by atoms with E-state index in [0.717, 1.165) is 12.1 Å². The van der Waals surface area contributed by atoms with Gasteiger partial charge in [-0.25, -0.2) is 5.43 Å². The van der Waals surface area contributed by atoms with E-state index in [1.807, 2.05) is 0 Å². The summed E-state index contributed by atoms with van der Waals surface area (Å²) in [6.45, 7) is 1.47. The molecule has 0 aliphatic rings. The summed E-state index contributed by atoms with van der Waals surface area (Å²) in [5, 5.41) is 15.7. The van der Waals surface area contributed by atoms with Gasteiger partial charge in [0.2, 0.25) is 5.91 Å². The number of benzene rings is 2. The summed E-state index contributed by atoms with van der Waals surface area (Å²) in [6.07, 6.45) is -4.75. The fraction of sp³-hybridized carbons (Fsp3) is 0.167. The molecule has 2 amide bonds. The van der Waals surface area contributed by atoms with Crippen LogP contribution >= 0.6 is 0 Å². The van der Waals surface area contributed by atoms with E-state index < -0.39 is 23.6 Å². The van der Waals surface area contributed by atoms with Crippen LogP contribution in [0.4, 0.5) is 18.9 Å². The molecule has 9 heteroatoms. The molecule has 0 aliphatic carbocycles. The normalized spacial score (nSPS) is 11.8. The van der Waals surface area contributed by atoms with Gasteiger partial charge in [0.25, 0.3) is 5.91 Å². The quantitative estimate of drug-likeness (QED) is 0.548. The van der Waals surface area contributed by atoms with Gasteiger partial charge in [-0.3, -0.25) is 9.59 Å². The van der Waals surface area contributed by atoms with Crippen LogP contribution in [0.3, 0.4) is 0 Å². The Labute approximate surface area is 152 Å². The van der Waals surface area contributed by atoms with E-state index >= 15 is 0 Å². The Morgan fingerprint density at radius 3 is 2.48 bits per heavy atom. The number of aromatic hydroxyl groups is 1. The van der Waals surface area contributed by atoms with Gasteiger partial charge in [-0.1, -0.05) is 18.2 Å². The zero-order valence-corrected chi connectivity index (χ0v) is 14.2. The average Bonchev–Trinajstić information content (AvgIpc) is 2.59. The molecule has 0 unspecified atom stereocenters. The molecule has 2 aromatic carbocycles. The number of rotatable bonds is 5. The lowest BCUT2D eigenvalue weighted by Gasteiger charge is -2.10. The van der Waals surface area contributed by atoms with E-state index in [0.29, 0.717) is 0 Å². The monoisotopic (exact) mass is 379 g/mol. The van der Waals surface area contributed by atoms with E-state index in [1.165, 1.54) is 31.2 Å². The first-order valence-corrected chi connectivity index (χ1v) is 7.75. The van der Waals surface area contributed by atoms with Crippen molar-refractivity contribution in [2.45, 2.75) is 19.5 Å². The highest BCUT2D eigenvalue weighted by molar-refractivity contribution is 6.06. The molecule has 0 fully saturated rings. The Morgan fingerprint density at radius 1 is 1.11 bits per heavy atom. The van der Waals surface area contributed by atoms with Crippen LogP contribution in [0.25, 0.3) is 0 Å². The highest BCUT2D eigenvalue weighted by Gasteiger charge is 2.30. The number of hydrazone groups is 1. The van der Waals surface area contributed by atoms with Crippen LogP contribution in [0.1, 0.15) is 29.3 Å². The number of phenols is 1. The van der Waals surface area contributed by atoms with Crippen LogP contribution in [0, 0.1) is 0 Å². The molecule has 3 N–H and O–H groups in total. The summed E-state index contributed by atoms with van der Waals surface area (Å²) >= 11 is 0. The largest absolute Gasteiger partial charge is 0.507 e. The summed E-state index contributed by atoms with van der Waals surface area (Å²) in [4.78, 5) is 23.8. The number of hydrogen-bond donors (Lipinski definition) is 3. The molecule has 142 valence electrons. The van der Waals surface area contributed by atoms with Crippen LogP contribution in [0.5, 0.6) is 5.75 Å². The van der Waals surface area contributed by atoms with Gasteiger partial charge in [0.1, 0.15) is 5.75 Å². The molecule has 0 aliphatic heterocycles. The molecular weight excluding hydrogens is 363 g/mol. The van der Waals surface area contributed by atoms with E-state index in [2.05, 4.69) is 15.8 Å². The summed E-state index contributed by atoms with van der Waals surface area (Å²) in [5.74, 6) is -1.47. The summed E-state index contributed by atoms with van der Waals surface area (Å²) in [7, 11) is 0. The zero-order chi connectivity index (χ0) is 20.0. The Hall–Kier alpha value is -3.36. The number of nitrogens with one attached hydrogen (secondary N) is 2. The predicted molar refractivity (Wildman–Crippen MR) is 93.4 cm³/mol. The first kappa shape index (κ1) is 20.0. The molecule has 2 aromatic rings. The second-order valence-corrected chi connectivity index (χ2v) is 5.61. The van der Waals surface area contributed by atoms with Crippen molar-refractivity contribution in [3.63, 3.8) is 0 Å². The maximum Gasteiger partial charge on any atom is 0.416 e. The molecular formula is C18H16F3N3O3. The molecule has 0 aromatic heterocycles. The van der Waals surface area contributed by atoms with Crippen LogP contribution in [-0.4, -0.2) is 22.6 Å². The summed E-state index contributed by atoms with van der Waals surface area (Å²) in [6, 6.07) is 10.1. The topological polar surface area (TPSA) is 90.8 Å². The highest BCUT2D eigenvalue weighted by Crippen LogP contribution is 2.30. The Morgan fingerprint density at radius 2 is 1.81 bits per heavy atom. The van der Waals surface area contributed by atoms with Gasteiger partial charge in [-0.05, 0) is 37.3 Å². The van der Waals surface area contributed by atoms with Gasteiger partial charge in [-0.15, -0.1) is 0 Å². The Bertz CT molecular complexity index is 879. The fourth-order valence-electron chi connectivity index (χ4n) is 2.12. The molecule has 0 bridgehead atoms. The highest BCUT2D eigenvalue weighted by atomic mass is 19.4. The van der Waals surface area contributed by atoms with Crippen LogP contribution in [-0.2, 0) is 11.0 Å². The van der Waals surface area contributed by atoms with Gasteiger partial charge >= 0.3 is 6.18 Å². The van der Waals surface area contributed by atoms with Crippen molar-refractivity contribution in [3.05, 3.63) is 59.7 Å². The number of para-hydroxylation sites is 1. The van der Waals surface area contributed by atoms with E-state index in [4.69, 9.17) is 0 Å². The fourth-order valence-corrected chi connectivity index (χ4v) is 2.12.